The van der Waals surface area contributed by atoms with Crippen LogP contribution in [0.25, 0.3) is 0 Å². The number of allylic oxidation sites excluding steroid dienone is 1. The smallest absolute Gasteiger partial charge is 0.200 e. The number of hydrogen-bond donors (Lipinski definition) is 2. The number of benzene rings is 1. The van der Waals surface area contributed by atoms with Gasteiger partial charge in [-0.05, 0) is 55.1 Å². The number of guanidine groups is 1. The molecule has 0 bridgehead atoms. The number of nitrogens with zero attached hydrogens (tertiary/aromatic N) is 2. The quantitative estimate of drug-likeness (QED) is 0.327. The van der Waals surface area contributed by atoms with Crippen LogP contribution in [0, 0.1) is 16.7 Å². The van der Waals surface area contributed by atoms with E-state index >= 15 is 0 Å². The third-order valence-corrected chi connectivity index (χ3v) is 5.97. The first kappa shape index (κ1) is 25.9. The molecule has 2 N–H and O–H groups in total. The normalized spacial score (nSPS) is 17.7. The monoisotopic (exact) mass is 506 g/mol. The van der Waals surface area contributed by atoms with Crippen LogP contribution in [0.1, 0.15) is 61.8 Å². The minimum absolute atomic E-state index is 0.0127. The molecule has 2 rings (SSSR count). The van der Waals surface area contributed by atoms with Gasteiger partial charge in [-0.2, -0.15) is 0 Å². The first-order valence-corrected chi connectivity index (χ1v) is 12.3. The molecule has 1 unspecified atom stereocenters. The highest BCUT2D eigenvalue weighted by Crippen LogP contribution is 2.28. The molecular formula is C25H39BrN4S. The summed E-state index contributed by atoms with van der Waals surface area (Å²) in [5, 5.41) is 7.63. The Bertz CT molecular complexity index is 836. The Hall–Kier alpha value is -1.40. The van der Waals surface area contributed by atoms with Crippen LogP contribution < -0.4 is 10.6 Å². The molecule has 0 saturated carbocycles. The van der Waals surface area contributed by atoms with Crippen molar-refractivity contribution in [2.75, 3.05) is 18.4 Å². The predicted octanol–water partition coefficient (Wildman–Crippen LogP) is 6.84. The maximum Gasteiger partial charge on any atom is 0.200 e. The molecule has 0 fully saturated rings. The van der Waals surface area contributed by atoms with Crippen LogP contribution in [0.15, 0.2) is 45.4 Å². The molecule has 1 aromatic carbocycles. The number of nitrogens with one attached hydrogen (secondary N) is 2. The molecule has 1 aromatic rings. The Morgan fingerprint density at radius 3 is 2.55 bits per heavy atom. The lowest BCUT2D eigenvalue weighted by molar-refractivity contribution is 0.400. The van der Waals surface area contributed by atoms with Crippen LogP contribution in [-0.4, -0.2) is 35.1 Å². The van der Waals surface area contributed by atoms with Crippen molar-refractivity contribution >= 4 is 44.9 Å². The van der Waals surface area contributed by atoms with Crippen molar-refractivity contribution in [3.05, 3.63) is 40.4 Å². The SMILES string of the molecule is CC(=CC(C)(C)CNC1=NC(C(C)C)CN1C(=S)Nc1cccc(Br)c1)CC(C)(C)C. The van der Waals surface area contributed by atoms with Gasteiger partial charge < -0.3 is 10.6 Å². The van der Waals surface area contributed by atoms with E-state index in [0.717, 1.165) is 35.6 Å². The molecule has 6 heteroatoms. The summed E-state index contributed by atoms with van der Waals surface area (Å²) in [6, 6.07) is 8.27. The molecule has 0 saturated heterocycles. The van der Waals surface area contributed by atoms with Gasteiger partial charge in [0.05, 0.1) is 12.6 Å². The first-order chi connectivity index (χ1) is 14.3. The van der Waals surface area contributed by atoms with Crippen LogP contribution >= 0.6 is 28.1 Å². The molecule has 0 spiro atoms. The average molecular weight is 508 g/mol. The summed E-state index contributed by atoms with van der Waals surface area (Å²) in [5.74, 6) is 1.32. The highest BCUT2D eigenvalue weighted by Gasteiger charge is 2.31. The molecule has 0 aliphatic carbocycles. The number of hydrogen-bond acceptors (Lipinski definition) is 3. The van der Waals surface area contributed by atoms with Crippen molar-refractivity contribution in [3.8, 4) is 0 Å². The Balaban J connectivity index is 2.10. The average Bonchev–Trinajstić information content (AvgIpc) is 3.02. The molecule has 1 heterocycles. The summed E-state index contributed by atoms with van der Waals surface area (Å²) in [6.45, 7) is 19.6. The molecular weight excluding hydrogens is 468 g/mol. The highest BCUT2D eigenvalue weighted by molar-refractivity contribution is 9.10. The fourth-order valence-electron chi connectivity index (χ4n) is 3.89. The molecule has 31 heavy (non-hydrogen) atoms. The lowest BCUT2D eigenvalue weighted by atomic mass is 9.84. The molecule has 4 nitrogen and oxygen atoms in total. The Kier molecular flexibility index (Phi) is 8.74. The van der Waals surface area contributed by atoms with Crippen LogP contribution in [0.3, 0.4) is 0 Å². The summed E-state index contributed by atoms with van der Waals surface area (Å²) in [7, 11) is 0. The van der Waals surface area contributed by atoms with Gasteiger partial charge in [0.15, 0.2) is 5.11 Å². The van der Waals surface area contributed by atoms with Crippen molar-refractivity contribution in [2.45, 2.75) is 67.9 Å². The fraction of sp³-hybridized carbons (Fsp3) is 0.600. The van der Waals surface area contributed by atoms with E-state index in [1.165, 1.54) is 5.57 Å². The van der Waals surface area contributed by atoms with Gasteiger partial charge in [0, 0.05) is 22.1 Å². The molecule has 0 amide bonds. The van der Waals surface area contributed by atoms with Crippen molar-refractivity contribution in [2.24, 2.45) is 21.7 Å². The lowest BCUT2D eigenvalue weighted by Gasteiger charge is -2.28. The minimum Gasteiger partial charge on any atom is -0.355 e. The second kappa shape index (κ2) is 10.5. The molecule has 1 aliphatic heterocycles. The van der Waals surface area contributed by atoms with Crippen molar-refractivity contribution < 1.29 is 0 Å². The van der Waals surface area contributed by atoms with Gasteiger partial charge in [0.1, 0.15) is 0 Å². The van der Waals surface area contributed by atoms with E-state index < -0.39 is 0 Å². The summed E-state index contributed by atoms with van der Waals surface area (Å²) >= 11 is 9.28. The molecule has 1 atom stereocenters. The van der Waals surface area contributed by atoms with E-state index in [-0.39, 0.29) is 11.5 Å². The highest BCUT2D eigenvalue weighted by atomic mass is 79.9. The lowest BCUT2D eigenvalue weighted by Crippen LogP contribution is -2.47. The molecule has 1 aliphatic rings. The maximum absolute atomic E-state index is 5.76. The summed E-state index contributed by atoms with van der Waals surface area (Å²) < 4.78 is 1.02. The Morgan fingerprint density at radius 1 is 1.29 bits per heavy atom. The van der Waals surface area contributed by atoms with Gasteiger partial charge in [-0.15, -0.1) is 0 Å². The second-order valence-electron chi connectivity index (χ2n) is 10.9. The number of rotatable bonds is 6. The number of anilines is 1. The van der Waals surface area contributed by atoms with E-state index in [1.807, 2.05) is 24.3 Å². The fourth-order valence-corrected chi connectivity index (χ4v) is 4.57. The van der Waals surface area contributed by atoms with Crippen LogP contribution in [0.2, 0.25) is 0 Å². The molecule has 172 valence electrons. The van der Waals surface area contributed by atoms with Gasteiger partial charge in [0.2, 0.25) is 5.96 Å². The van der Waals surface area contributed by atoms with Gasteiger partial charge in [-0.3, -0.25) is 4.90 Å². The van der Waals surface area contributed by atoms with E-state index in [1.54, 1.807) is 0 Å². The third kappa shape index (κ3) is 8.57. The van der Waals surface area contributed by atoms with E-state index in [0.29, 0.717) is 16.4 Å². The number of thiocarbonyl (C=S) groups is 1. The summed E-state index contributed by atoms with van der Waals surface area (Å²) in [6.07, 6.45) is 3.49. The molecule has 0 radical (unpaired) electrons. The van der Waals surface area contributed by atoms with Gasteiger partial charge in [-0.25, -0.2) is 4.99 Å². The second-order valence-corrected chi connectivity index (χ2v) is 12.2. The van der Waals surface area contributed by atoms with E-state index in [2.05, 4.69) is 92.9 Å². The van der Waals surface area contributed by atoms with Gasteiger partial charge in [-0.1, -0.05) is 82.1 Å². The minimum atomic E-state index is 0.0127. The molecule has 0 aromatic heterocycles. The third-order valence-electron chi connectivity index (χ3n) is 5.15. The standard InChI is InChI=1S/C25H39BrN4S/c1-17(2)21-15-30(23(31)28-20-11-9-10-19(26)12-20)22(29-21)27-16-25(7,8)14-18(3)13-24(4,5)6/h9-12,14,17,21H,13,15-16H2,1-8H3,(H,27,29)(H,28,31). The van der Waals surface area contributed by atoms with Gasteiger partial charge >= 0.3 is 0 Å². The van der Waals surface area contributed by atoms with Crippen LogP contribution in [-0.2, 0) is 0 Å². The maximum atomic E-state index is 5.76. The van der Waals surface area contributed by atoms with Crippen LogP contribution in [0.5, 0.6) is 0 Å². The predicted molar refractivity (Wildman–Crippen MR) is 143 cm³/mol. The van der Waals surface area contributed by atoms with E-state index in [4.69, 9.17) is 17.2 Å². The first-order valence-electron chi connectivity index (χ1n) is 11.1. The summed E-state index contributed by atoms with van der Waals surface area (Å²) in [4.78, 5) is 7.06. The van der Waals surface area contributed by atoms with E-state index in [9.17, 15) is 0 Å². The Labute approximate surface area is 203 Å². The van der Waals surface area contributed by atoms with Gasteiger partial charge in [0.25, 0.3) is 0 Å². The van der Waals surface area contributed by atoms with Crippen molar-refractivity contribution in [1.29, 1.82) is 0 Å². The summed E-state index contributed by atoms with van der Waals surface area (Å²) in [5.41, 5.74) is 2.70. The Morgan fingerprint density at radius 2 is 1.97 bits per heavy atom. The zero-order chi connectivity index (χ0) is 23.4. The number of halogens is 1. The largest absolute Gasteiger partial charge is 0.355 e. The zero-order valence-corrected chi connectivity index (χ0v) is 22.7. The topological polar surface area (TPSA) is 39.7 Å². The van der Waals surface area contributed by atoms with Crippen LogP contribution in [0.4, 0.5) is 5.69 Å². The number of aliphatic imine (C=N–C) groups is 1. The zero-order valence-electron chi connectivity index (χ0n) is 20.3. The van der Waals surface area contributed by atoms with Crippen molar-refractivity contribution in [3.63, 3.8) is 0 Å². The van der Waals surface area contributed by atoms with Crippen molar-refractivity contribution in [1.82, 2.24) is 10.2 Å².